The Morgan fingerprint density at radius 3 is 0.676 bits per heavy atom. The Balaban J connectivity index is -0.0000000783. The number of nitrogens with one attached hydrogen (secondary N) is 7. The number of carbonyl (C=O) groups excluding carboxylic acids is 7. The van der Waals surface area contributed by atoms with Crippen molar-refractivity contribution in [3.05, 3.63) is 60.7 Å². The summed E-state index contributed by atoms with van der Waals surface area (Å²) in [6.07, 6.45) is 5.25. The molecule has 2 rings (SSSR count). The van der Waals surface area contributed by atoms with E-state index in [0.29, 0.717) is 0 Å². The van der Waals surface area contributed by atoms with Crippen LogP contribution >= 0.6 is 0 Å². The van der Waals surface area contributed by atoms with Crippen LogP contribution < -0.4 is 4.74 Å². The second-order valence-corrected chi connectivity index (χ2v) is 3.44. The third kappa shape index (κ3) is 83.1. The topological polar surface area (TPSA) is 296 Å². The number of rotatable bonds is 2. The summed E-state index contributed by atoms with van der Waals surface area (Å²) < 4.78 is 5.58. The van der Waals surface area contributed by atoms with Gasteiger partial charge in [0.05, 0.1) is 0 Å². The molecule has 2 aromatic carbocycles. The van der Waals surface area contributed by atoms with Crippen molar-refractivity contribution in [3.8, 4) is 11.5 Å². The summed E-state index contributed by atoms with van der Waals surface area (Å²) in [4.78, 5) is 58.4. The van der Waals surface area contributed by atoms with E-state index in [2.05, 4.69) is 0 Å². The molecule has 0 amide bonds. The SMILES string of the molecule is N=C=O.N=C=O.N=C=O.N=C=O.N=C=O.N=C=O.N=C=O.c1ccc(Oc2ccccc2)cc1. The van der Waals surface area contributed by atoms with E-state index in [0.717, 1.165) is 54.1 Å². The smallest absolute Gasteiger partial charge is 0.231 e. The molecule has 0 saturated heterocycles. The molecule has 15 heteroatoms. The summed E-state index contributed by atoms with van der Waals surface area (Å²) in [7, 11) is 0. The monoisotopic (exact) mass is 471 g/mol. The lowest BCUT2D eigenvalue weighted by atomic mass is 10.3. The summed E-state index contributed by atoms with van der Waals surface area (Å²) >= 11 is 0. The summed E-state index contributed by atoms with van der Waals surface area (Å²) in [6, 6.07) is 19.5. The molecule has 0 aromatic heterocycles. The fraction of sp³-hybridized carbons (Fsp3) is 0. The highest BCUT2D eigenvalue weighted by Gasteiger charge is 1.92. The van der Waals surface area contributed by atoms with Crippen LogP contribution in [0.1, 0.15) is 0 Å². The maximum Gasteiger partial charge on any atom is 0.231 e. The van der Waals surface area contributed by atoms with Gasteiger partial charge in [0.2, 0.25) is 42.6 Å². The predicted octanol–water partition coefficient (Wildman–Crippen LogP) is 2.79. The predicted molar refractivity (Wildman–Crippen MR) is 112 cm³/mol. The Hall–Kier alpha value is -6.10. The lowest BCUT2D eigenvalue weighted by Crippen LogP contribution is -1.81. The molecule has 0 bridgehead atoms. The highest BCUT2D eigenvalue weighted by Crippen LogP contribution is 2.19. The fourth-order valence-corrected chi connectivity index (χ4v) is 1.11. The van der Waals surface area contributed by atoms with Crippen LogP contribution in [-0.4, -0.2) is 42.6 Å². The summed E-state index contributed by atoms with van der Waals surface area (Å²) in [5.41, 5.74) is 0. The minimum absolute atomic E-state index is 0.750. The van der Waals surface area contributed by atoms with Crippen LogP contribution in [0.5, 0.6) is 11.5 Å². The van der Waals surface area contributed by atoms with Crippen molar-refractivity contribution in [2.24, 2.45) is 0 Å². The first-order valence-corrected chi connectivity index (χ1v) is 7.41. The molecule has 0 aliphatic heterocycles. The normalized spacial score (nSPS) is 5.29. The molecule has 0 saturated carbocycles. The number of hydrogen-bond acceptors (Lipinski definition) is 15. The van der Waals surface area contributed by atoms with Crippen molar-refractivity contribution in [1.29, 1.82) is 37.9 Å². The molecule has 15 nitrogen and oxygen atoms in total. The van der Waals surface area contributed by atoms with Crippen molar-refractivity contribution >= 4 is 42.6 Å². The number of para-hydroxylation sites is 2. The Morgan fingerprint density at radius 1 is 0.382 bits per heavy atom. The van der Waals surface area contributed by atoms with E-state index in [1.54, 1.807) is 0 Å². The Morgan fingerprint density at radius 2 is 0.529 bits per heavy atom. The molecular weight excluding hydrogens is 454 g/mol. The van der Waals surface area contributed by atoms with Crippen LogP contribution in [0.15, 0.2) is 60.7 Å². The maximum absolute atomic E-state index is 8.35. The van der Waals surface area contributed by atoms with Crippen LogP contribution in [0.3, 0.4) is 0 Å². The van der Waals surface area contributed by atoms with Crippen molar-refractivity contribution in [2.45, 2.75) is 0 Å². The van der Waals surface area contributed by atoms with E-state index >= 15 is 0 Å². The van der Waals surface area contributed by atoms with Crippen molar-refractivity contribution in [1.82, 2.24) is 0 Å². The molecular formula is C19H17N7O8. The largest absolute Gasteiger partial charge is 0.457 e. The quantitative estimate of drug-likeness (QED) is 0.251. The van der Waals surface area contributed by atoms with Gasteiger partial charge >= 0.3 is 0 Å². The Labute approximate surface area is 191 Å². The van der Waals surface area contributed by atoms with Gasteiger partial charge in [0.25, 0.3) is 0 Å². The molecule has 0 fully saturated rings. The second-order valence-electron chi connectivity index (χ2n) is 3.44. The Bertz CT molecular complexity index is 785. The lowest BCUT2D eigenvalue weighted by Gasteiger charge is -2.03. The van der Waals surface area contributed by atoms with Crippen LogP contribution in [0, 0.1) is 37.9 Å². The molecule has 176 valence electrons. The van der Waals surface area contributed by atoms with Gasteiger partial charge in [0.1, 0.15) is 11.5 Å². The molecule has 34 heavy (non-hydrogen) atoms. The van der Waals surface area contributed by atoms with Gasteiger partial charge in [-0.1, -0.05) is 36.4 Å². The van der Waals surface area contributed by atoms with Gasteiger partial charge < -0.3 is 4.74 Å². The number of ether oxygens (including phenoxy) is 1. The van der Waals surface area contributed by atoms with E-state index < -0.39 is 0 Å². The average molecular weight is 471 g/mol. The summed E-state index contributed by atoms with van der Waals surface area (Å²) in [6.45, 7) is 0. The van der Waals surface area contributed by atoms with E-state index in [1.165, 1.54) is 0 Å². The third-order valence-corrected chi connectivity index (χ3v) is 1.72. The van der Waals surface area contributed by atoms with Crippen molar-refractivity contribution in [3.63, 3.8) is 0 Å². The van der Waals surface area contributed by atoms with E-state index in [1.807, 2.05) is 60.7 Å². The van der Waals surface area contributed by atoms with Gasteiger partial charge in [-0.15, -0.1) is 0 Å². The zero-order valence-corrected chi connectivity index (χ0v) is 17.0. The first-order chi connectivity index (χ1) is 16.3. The van der Waals surface area contributed by atoms with Crippen LogP contribution in [0.2, 0.25) is 0 Å². The fourth-order valence-electron chi connectivity index (χ4n) is 1.11. The summed E-state index contributed by atoms with van der Waals surface area (Å²) in [5.74, 6) is 1.74. The van der Waals surface area contributed by atoms with Crippen LogP contribution in [0.25, 0.3) is 0 Å². The zero-order valence-electron chi connectivity index (χ0n) is 17.0. The maximum atomic E-state index is 8.35. The molecule has 0 radical (unpaired) electrons. The lowest BCUT2D eigenvalue weighted by molar-refractivity contribution is 0.482. The van der Waals surface area contributed by atoms with Crippen molar-refractivity contribution in [2.75, 3.05) is 0 Å². The minimum Gasteiger partial charge on any atom is -0.457 e. The van der Waals surface area contributed by atoms with Crippen molar-refractivity contribution < 1.29 is 38.3 Å². The molecule has 0 aliphatic carbocycles. The van der Waals surface area contributed by atoms with E-state index in [4.69, 9.17) is 76.2 Å². The molecule has 7 N–H and O–H groups in total. The first-order valence-electron chi connectivity index (χ1n) is 7.41. The number of hydrogen-bond donors (Lipinski definition) is 7. The Kier molecular flexibility index (Phi) is 69.7. The van der Waals surface area contributed by atoms with Crippen LogP contribution in [0.4, 0.5) is 0 Å². The highest BCUT2D eigenvalue weighted by molar-refractivity contribution is 5.30. The number of isocyanates is 7. The minimum atomic E-state index is 0.750. The molecule has 2 aromatic rings. The molecule has 0 spiro atoms. The first kappa shape index (κ1) is 42.1. The van der Waals surface area contributed by atoms with E-state index in [9.17, 15) is 0 Å². The number of benzene rings is 2. The van der Waals surface area contributed by atoms with E-state index in [-0.39, 0.29) is 0 Å². The summed E-state index contributed by atoms with van der Waals surface area (Å²) in [5, 5.41) is 37.8. The molecule has 0 aliphatic rings. The second kappa shape index (κ2) is 56.3. The molecule has 0 unspecified atom stereocenters. The third-order valence-electron chi connectivity index (χ3n) is 1.72. The average Bonchev–Trinajstić information content (AvgIpc) is 2.79. The van der Waals surface area contributed by atoms with Crippen LogP contribution in [-0.2, 0) is 33.6 Å². The van der Waals surface area contributed by atoms with Gasteiger partial charge in [0, 0.05) is 0 Å². The standard InChI is InChI=1S/C12H10O.7CHNO/c1-3-7-11(8-4-1)13-12-9-5-2-6-10-12;7*2-1-3/h1-10H;7*2H. The highest BCUT2D eigenvalue weighted by atomic mass is 16.5. The van der Waals surface area contributed by atoms with Gasteiger partial charge in [0.15, 0.2) is 0 Å². The van der Waals surface area contributed by atoms with Gasteiger partial charge in [-0.25, -0.2) is 71.4 Å². The van der Waals surface area contributed by atoms with Gasteiger partial charge in [-0.3, -0.25) is 0 Å². The molecule has 0 atom stereocenters. The zero-order chi connectivity index (χ0) is 27.9. The van der Waals surface area contributed by atoms with Gasteiger partial charge in [-0.05, 0) is 24.3 Å². The van der Waals surface area contributed by atoms with Gasteiger partial charge in [-0.2, -0.15) is 0 Å². The molecule has 0 heterocycles.